The molecule has 0 spiro atoms. The Hall–Kier alpha value is -0.910. The highest BCUT2D eigenvalue weighted by molar-refractivity contribution is 6.41. The van der Waals surface area contributed by atoms with E-state index in [1.807, 2.05) is 6.92 Å². The van der Waals surface area contributed by atoms with Gasteiger partial charge in [0.25, 0.3) is 0 Å². The molecule has 7 heteroatoms. The Kier molecular flexibility index (Phi) is 5.74. The van der Waals surface area contributed by atoms with Gasteiger partial charge in [-0.15, -0.1) is 0 Å². The van der Waals surface area contributed by atoms with Gasteiger partial charge in [0.15, 0.2) is 0 Å². The van der Waals surface area contributed by atoms with Crippen LogP contribution in [0.25, 0.3) is 0 Å². The summed E-state index contributed by atoms with van der Waals surface area (Å²) in [4.78, 5) is 13.6. The molecule has 5 nitrogen and oxygen atoms in total. The number of nitrogens with one attached hydrogen (secondary N) is 1. The fourth-order valence-corrected chi connectivity index (χ4v) is 2.25. The number of hydrogen-bond donors (Lipinski definition) is 2. The monoisotopic (exact) mass is 321 g/mol. The molecule has 0 aliphatic rings. The summed E-state index contributed by atoms with van der Waals surface area (Å²) in [6, 6.07) is 1.49. The van der Waals surface area contributed by atoms with Gasteiger partial charge in [-0.1, -0.05) is 23.2 Å². The first kappa shape index (κ1) is 17.1. The van der Waals surface area contributed by atoms with Gasteiger partial charge >= 0.3 is 6.03 Å². The van der Waals surface area contributed by atoms with Crippen molar-refractivity contribution in [1.82, 2.24) is 14.8 Å². The van der Waals surface area contributed by atoms with Gasteiger partial charge in [-0.2, -0.15) is 0 Å². The Balaban J connectivity index is 2.64. The summed E-state index contributed by atoms with van der Waals surface area (Å²) in [5.74, 6) is 0. The molecule has 1 aromatic heterocycles. The van der Waals surface area contributed by atoms with Gasteiger partial charge in [0.05, 0.1) is 23.7 Å². The smallest absolute Gasteiger partial charge is 0.317 e. The number of carbonyl (C=O) groups is 1. The van der Waals surface area contributed by atoms with Gasteiger partial charge < -0.3 is 19.9 Å². The molecule has 0 saturated carbocycles. The van der Waals surface area contributed by atoms with Crippen molar-refractivity contribution in [1.29, 1.82) is 0 Å². The lowest BCUT2D eigenvalue weighted by atomic mass is 10.1. The number of amides is 2. The molecule has 1 aromatic rings. The molecule has 1 rings (SSSR count). The van der Waals surface area contributed by atoms with Crippen molar-refractivity contribution in [2.24, 2.45) is 7.05 Å². The molecular weight excluding hydrogens is 301 g/mol. The number of aliphatic hydroxyl groups is 1. The molecule has 0 aliphatic carbocycles. The van der Waals surface area contributed by atoms with Gasteiger partial charge in [-0.25, -0.2) is 4.79 Å². The maximum absolute atomic E-state index is 12.1. The highest BCUT2D eigenvalue weighted by atomic mass is 35.5. The van der Waals surface area contributed by atoms with Crippen LogP contribution in [-0.2, 0) is 13.6 Å². The number of rotatable bonds is 5. The fourth-order valence-electron chi connectivity index (χ4n) is 1.83. The second-order valence-corrected chi connectivity index (χ2v) is 6.08. The van der Waals surface area contributed by atoms with E-state index >= 15 is 0 Å². The summed E-state index contributed by atoms with van der Waals surface area (Å²) >= 11 is 11.9. The Bertz CT molecular complexity index is 481. The van der Waals surface area contributed by atoms with Crippen molar-refractivity contribution in [2.45, 2.75) is 32.9 Å². The number of aromatic nitrogens is 1. The van der Waals surface area contributed by atoms with Gasteiger partial charge in [-0.3, -0.25) is 0 Å². The second kappa shape index (κ2) is 6.70. The molecule has 2 N–H and O–H groups in total. The number of halogens is 2. The molecule has 0 atom stereocenters. The molecule has 2 amide bonds. The molecule has 0 unspecified atom stereocenters. The molecule has 0 aliphatic heterocycles. The first-order valence-electron chi connectivity index (χ1n) is 6.40. The summed E-state index contributed by atoms with van der Waals surface area (Å²) < 4.78 is 1.72. The minimum absolute atomic E-state index is 0.233. The third kappa shape index (κ3) is 4.58. The lowest BCUT2D eigenvalue weighted by molar-refractivity contribution is 0.0479. The van der Waals surface area contributed by atoms with Crippen LogP contribution in [0.1, 0.15) is 26.5 Å². The van der Waals surface area contributed by atoms with E-state index in [9.17, 15) is 9.90 Å². The Morgan fingerprint density at radius 3 is 2.50 bits per heavy atom. The molecule has 20 heavy (non-hydrogen) atoms. The van der Waals surface area contributed by atoms with Crippen LogP contribution in [0.3, 0.4) is 0 Å². The van der Waals surface area contributed by atoms with E-state index in [-0.39, 0.29) is 12.6 Å². The average Bonchev–Trinajstić information content (AvgIpc) is 2.59. The van der Waals surface area contributed by atoms with Crippen molar-refractivity contribution in [3.63, 3.8) is 0 Å². The molecular formula is C13H21Cl2N3O2. The van der Waals surface area contributed by atoms with Crippen LogP contribution in [0.2, 0.25) is 10.2 Å². The fraction of sp³-hybridized carbons (Fsp3) is 0.615. The normalized spacial score (nSPS) is 11.6. The molecule has 114 valence electrons. The zero-order valence-corrected chi connectivity index (χ0v) is 13.7. The van der Waals surface area contributed by atoms with E-state index in [1.165, 1.54) is 0 Å². The number of likely N-dealkylation sites (N-methyl/N-ethyl adjacent to an activating group) is 1. The minimum Gasteiger partial charge on any atom is -0.389 e. The van der Waals surface area contributed by atoms with E-state index in [4.69, 9.17) is 23.2 Å². The van der Waals surface area contributed by atoms with E-state index < -0.39 is 5.60 Å². The summed E-state index contributed by atoms with van der Waals surface area (Å²) in [6.07, 6.45) is 0. The Labute approximate surface area is 129 Å². The molecule has 0 fully saturated rings. The van der Waals surface area contributed by atoms with Crippen molar-refractivity contribution in [3.05, 3.63) is 21.9 Å². The van der Waals surface area contributed by atoms with Crippen molar-refractivity contribution in [3.8, 4) is 0 Å². The maximum atomic E-state index is 12.1. The maximum Gasteiger partial charge on any atom is 0.317 e. The van der Waals surface area contributed by atoms with Crippen molar-refractivity contribution >= 4 is 29.2 Å². The third-order valence-electron chi connectivity index (χ3n) is 2.88. The van der Waals surface area contributed by atoms with Crippen molar-refractivity contribution < 1.29 is 9.90 Å². The van der Waals surface area contributed by atoms with Crippen LogP contribution in [-0.4, -0.2) is 39.3 Å². The largest absolute Gasteiger partial charge is 0.389 e. The molecule has 1 heterocycles. The average molecular weight is 322 g/mol. The molecule has 0 aromatic carbocycles. The lowest BCUT2D eigenvalue weighted by Crippen LogP contribution is -2.46. The van der Waals surface area contributed by atoms with Crippen LogP contribution in [0.15, 0.2) is 6.07 Å². The predicted octanol–water partition coefficient (Wildman–Crippen LogP) is 2.63. The first-order valence-corrected chi connectivity index (χ1v) is 7.16. The van der Waals surface area contributed by atoms with E-state index in [1.54, 1.807) is 36.4 Å². The molecule has 0 saturated heterocycles. The van der Waals surface area contributed by atoms with E-state index in [0.717, 1.165) is 5.69 Å². The van der Waals surface area contributed by atoms with Crippen molar-refractivity contribution in [2.75, 3.05) is 13.1 Å². The summed E-state index contributed by atoms with van der Waals surface area (Å²) in [5, 5.41) is 13.5. The number of hydrogen-bond acceptors (Lipinski definition) is 2. The molecule has 0 radical (unpaired) electrons. The minimum atomic E-state index is -0.926. The summed E-state index contributed by atoms with van der Waals surface area (Å²) in [5.41, 5.74) is -0.113. The predicted molar refractivity (Wildman–Crippen MR) is 81.2 cm³/mol. The zero-order valence-electron chi connectivity index (χ0n) is 12.2. The molecule has 0 bridgehead atoms. The standard InChI is InChI=1S/C13H21Cl2N3O2/c1-5-18(8-13(2,3)20)12(19)16-7-9-6-10(14)11(15)17(9)4/h6,20H,5,7-8H2,1-4H3,(H,16,19). The third-order valence-corrected chi connectivity index (χ3v) is 3.73. The topological polar surface area (TPSA) is 57.5 Å². The Morgan fingerprint density at radius 1 is 1.50 bits per heavy atom. The summed E-state index contributed by atoms with van der Waals surface area (Å²) in [6.45, 7) is 6.31. The summed E-state index contributed by atoms with van der Waals surface area (Å²) in [7, 11) is 1.78. The number of urea groups is 1. The Morgan fingerprint density at radius 2 is 2.10 bits per heavy atom. The lowest BCUT2D eigenvalue weighted by Gasteiger charge is -2.28. The van der Waals surface area contributed by atoms with Crippen LogP contribution >= 0.6 is 23.2 Å². The highest BCUT2D eigenvalue weighted by Crippen LogP contribution is 2.24. The van der Waals surface area contributed by atoms with Gasteiger partial charge in [0.2, 0.25) is 0 Å². The SMILES string of the molecule is CCN(CC(C)(C)O)C(=O)NCc1cc(Cl)c(Cl)n1C. The van der Waals surface area contributed by atoms with Crippen LogP contribution in [0, 0.1) is 0 Å². The number of carbonyl (C=O) groups excluding carboxylic acids is 1. The van der Waals surface area contributed by atoms with Crippen LogP contribution in [0.5, 0.6) is 0 Å². The first-order chi connectivity index (χ1) is 9.15. The van der Waals surface area contributed by atoms with Crippen LogP contribution in [0.4, 0.5) is 4.79 Å². The second-order valence-electron chi connectivity index (χ2n) is 5.32. The van der Waals surface area contributed by atoms with Gasteiger partial charge in [-0.05, 0) is 26.8 Å². The van der Waals surface area contributed by atoms with Crippen LogP contribution < -0.4 is 5.32 Å². The van der Waals surface area contributed by atoms with Gasteiger partial charge in [0, 0.05) is 19.3 Å². The quantitative estimate of drug-likeness (QED) is 0.875. The van der Waals surface area contributed by atoms with E-state index in [0.29, 0.717) is 23.3 Å². The van der Waals surface area contributed by atoms with E-state index in [2.05, 4.69) is 5.32 Å². The zero-order chi connectivity index (χ0) is 15.5. The number of nitrogens with zero attached hydrogens (tertiary/aromatic N) is 2. The van der Waals surface area contributed by atoms with Gasteiger partial charge in [0.1, 0.15) is 5.15 Å². The highest BCUT2D eigenvalue weighted by Gasteiger charge is 2.21.